The molecule has 1 aliphatic rings. The van der Waals surface area contributed by atoms with Crippen molar-refractivity contribution in [3.05, 3.63) is 17.0 Å². The van der Waals surface area contributed by atoms with Crippen molar-refractivity contribution in [1.82, 2.24) is 4.31 Å². The van der Waals surface area contributed by atoms with Gasteiger partial charge in [0.2, 0.25) is 0 Å². The van der Waals surface area contributed by atoms with E-state index in [0.717, 1.165) is 11.3 Å². The van der Waals surface area contributed by atoms with E-state index in [2.05, 4.69) is 0 Å². The third-order valence-electron chi connectivity index (χ3n) is 3.21. The quantitative estimate of drug-likeness (QED) is 0.853. The molecule has 4 nitrogen and oxygen atoms in total. The predicted octanol–water partition coefficient (Wildman–Crippen LogP) is 1.91. The molecule has 0 aliphatic carbocycles. The number of carbonyl (C=O) groups is 1. The first-order chi connectivity index (χ1) is 8.45. The van der Waals surface area contributed by atoms with Crippen LogP contribution in [-0.2, 0) is 21.2 Å². The molecule has 1 saturated heterocycles. The summed E-state index contributed by atoms with van der Waals surface area (Å²) >= 11 is 1.32. The molecule has 1 aliphatic heterocycles. The highest BCUT2D eigenvalue weighted by Gasteiger charge is 2.33. The molecule has 0 amide bonds. The van der Waals surface area contributed by atoms with Crippen LogP contribution in [0.3, 0.4) is 0 Å². The number of thiophene rings is 1. The largest absolute Gasteiger partial charge is 0.299 e. The lowest BCUT2D eigenvalue weighted by molar-refractivity contribution is -0.124. The van der Waals surface area contributed by atoms with Crippen LogP contribution in [0.5, 0.6) is 0 Å². The number of aryl methyl sites for hydroxylation is 1. The molecule has 18 heavy (non-hydrogen) atoms. The van der Waals surface area contributed by atoms with Crippen LogP contribution in [0.1, 0.15) is 25.1 Å². The predicted molar refractivity (Wildman–Crippen MR) is 71.2 cm³/mol. The van der Waals surface area contributed by atoms with E-state index >= 15 is 0 Å². The van der Waals surface area contributed by atoms with E-state index in [1.54, 1.807) is 13.0 Å². The number of nitrogens with zero attached hydrogens (tertiary/aromatic N) is 1. The first-order valence-corrected chi connectivity index (χ1v) is 8.32. The second kappa shape index (κ2) is 5.11. The third-order valence-corrected chi connectivity index (χ3v) is 6.78. The Morgan fingerprint density at radius 1 is 1.44 bits per heavy atom. The summed E-state index contributed by atoms with van der Waals surface area (Å²) in [5.74, 6) is -0.0407. The lowest BCUT2D eigenvalue weighted by Gasteiger charge is -2.28. The van der Waals surface area contributed by atoms with Gasteiger partial charge in [0.25, 0.3) is 10.0 Å². The number of hydrogen-bond acceptors (Lipinski definition) is 4. The summed E-state index contributed by atoms with van der Waals surface area (Å²) in [5.41, 5.74) is 0. The van der Waals surface area contributed by atoms with Gasteiger partial charge >= 0.3 is 0 Å². The minimum Gasteiger partial charge on any atom is -0.299 e. The number of Topliss-reactive ketones (excluding diaryl/α,β-unsaturated/α-hetero) is 1. The number of ketones is 1. The summed E-state index contributed by atoms with van der Waals surface area (Å²) in [6.07, 6.45) is 1.17. The molecule has 0 saturated carbocycles. The van der Waals surface area contributed by atoms with E-state index in [1.165, 1.54) is 15.6 Å². The zero-order chi connectivity index (χ0) is 13.3. The van der Waals surface area contributed by atoms with Gasteiger partial charge in [-0.15, -0.1) is 11.3 Å². The summed E-state index contributed by atoms with van der Waals surface area (Å²) in [5, 5.41) is 0. The molecule has 1 atom stereocenters. The molecular weight excluding hydrogens is 270 g/mol. The molecule has 0 spiro atoms. The molecule has 1 aromatic rings. The molecule has 1 unspecified atom stereocenters. The van der Waals surface area contributed by atoms with Crippen molar-refractivity contribution >= 4 is 27.1 Å². The second-order valence-corrected chi connectivity index (χ2v) is 7.89. The minimum absolute atomic E-state index is 0.155. The topological polar surface area (TPSA) is 54.5 Å². The van der Waals surface area contributed by atoms with Crippen LogP contribution in [-0.4, -0.2) is 31.6 Å². The van der Waals surface area contributed by atoms with Gasteiger partial charge in [-0.1, -0.05) is 13.8 Å². The summed E-state index contributed by atoms with van der Waals surface area (Å²) in [7, 11) is -3.41. The molecule has 0 radical (unpaired) electrons. The molecule has 0 N–H and O–H groups in total. The van der Waals surface area contributed by atoms with Crippen molar-refractivity contribution < 1.29 is 13.2 Å². The minimum atomic E-state index is -3.41. The second-order valence-electron chi connectivity index (χ2n) is 4.55. The van der Waals surface area contributed by atoms with Gasteiger partial charge in [0.1, 0.15) is 9.99 Å². The van der Waals surface area contributed by atoms with Crippen molar-refractivity contribution in [3.63, 3.8) is 0 Å². The van der Waals surface area contributed by atoms with E-state index in [4.69, 9.17) is 0 Å². The SMILES string of the molecule is CCc1ccc(S(=O)(=O)N2CCC(=O)C(C)C2)s1. The fraction of sp³-hybridized carbons (Fsp3) is 0.583. The number of sulfonamides is 1. The van der Waals surface area contributed by atoms with Crippen molar-refractivity contribution in [2.24, 2.45) is 5.92 Å². The molecule has 1 fully saturated rings. The van der Waals surface area contributed by atoms with E-state index in [9.17, 15) is 13.2 Å². The van der Waals surface area contributed by atoms with Gasteiger partial charge in [-0.25, -0.2) is 8.42 Å². The van der Waals surface area contributed by atoms with Crippen LogP contribution in [0, 0.1) is 5.92 Å². The van der Waals surface area contributed by atoms with Gasteiger partial charge in [0.15, 0.2) is 0 Å². The number of carbonyl (C=O) groups excluding carboxylic acids is 1. The zero-order valence-corrected chi connectivity index (χ0v) is 12.2. The normalized spacial score (nSPS) is 22.3. The summed E-state index contributed by atoms with van der Waals surface area (Å²) in [6.45, 7) is 4.41. The first-order valence-electron chi connectivity index (χ1n) is 6.06. The summed E-state index contributed by atoms with van der Waals surface area (Å²) in [4.78, 5) is 12.5. The number of rotatable bonds is 3. The Kier molecular flexibility index (Phi) is 3.89. The fourth-order valence-corrected chi connectivity index (χ4v) is 4.99. The molecule has 1 aromatic heterocycles. The number of hydrogen-bond donors (Lipinski definition) is 0. The lowest BCUT2D eigenvalue weighted by atomic mass is 10.0. The molecule has 2 rings (SSSR count). The van der Waals surface area contributed by atoms with Crippen LogP contribution in [0.4, 0.5) is 0 Å². The highest BCUT2D eigenvalue weighted by molar-refractivity contribution is 7.91. The van der Waals surface area contributed by atoms with Gasteiger partial charge in [0.05, 0.1) is 0 Å². The third kappa shape index (κ3) is 2.50. The van der Waals surface area contributed by atoms with Gasteiger partial charge in [0, 0.05) is 30.3 Å². The maximum absolute atomic E-state index is 12.4. The van der Waals surface area contributed by atoms with Crippen LogP contribution in [0.2, 0.25) is 0 Å². The van der Waals surface area contributed by atoms with E-state index < -0.39 is 10.0 Å². The molecule has 6 heteroatoms. The Balaban J connectivity index is 2.23. The fourth-order valence-electron chi connectivity index (χ4n) is 2.01. The Morgan fingerprint density at radius 3 is 2.72 bits per heavy atom. The van der Waals surface area contributed by atoms with E-state index in [-0.39, 0.29) is 11.7 Å². The van der Waals surface area contributed by atoms with Crippen molar-refractivity contribution in [2.45, 2.75) is 30.9 Å². The zero-order valence-electron chi connectivity index (χ0n) is 10.5. The van der Waals surface area contributed by atoms with Crippen LogP contribution < -0.4 is 0 Å². The summed E-state index contributed by atoms with van der Waals surface area (Å²) in [6, 6.07) is 3.52. The van der Waals surface area contributed by atoms with Crippen LogP contribution in [0.25, 0.3) is 0 Å². The molecule has 2 heterocycles. The lowest BCUT2D eigenvalue weighted by Crippen LogP contribution is -2.42. The van der Waals surface area contributed by atoms with Crippen LogP contribution >= 0.6 is 11.3 Å². The first kappa shape index (κ1) is 13.7. The standard InChI is InChI=1S/C12H17NO3S2/c1-3-10-4-5-12(17-10)18(15,16)13-7-6-11(14)9(2)8-13/h4-5,9H,3,6-8H2,1-2H3. The van der Waals surface area contributed by atoms with E-state index in [1.807, 2.05) is 13.0 Å². The molecular formula is C12H17NO3S2. The monoisotopic (exact) mass is 287 g/mol. The van der Waals surface area contributed by atoms with Gasteiger partial charge < -0.3 is 0 Å². The van der Waals surface area contributed by atoms with Gasteiger partial charge in [-0.2, -0.15) is 4.31 Å². The Bertz CT molecular complexity index is 547. The molecule has 100 valence electrons. The van der Waals surface area contributed by atoms with Crippen molar-refractivity contribution in [2.75, 3.05) is 13.1 Å². The maximum Gasteiger partial charge on any atom is 0.252 e. The van der Waals surface area contributed by atoms with Crippen molar-refractivity contribution in [1.29, 1.82) is 0 Å². The van der Waals surface area contributed by atoms with Crippen LogP contribution in [0.15, 0.2) is 16.3 Å². The Hall–Kier alpha value is -0.720. The maximum atomic E-state index is 12.4. The smallest absolute Gasteiger partial charge is 0.252 e. The van der Waals surface area contributed by atoms with E-state index in [0.29, 0.717) is 23.7 Å². The average molecular weight is 287 g/mol. The molecule has 0 bridgehead atoms. The van der Waals surface area contributed by atoms with Crippen molar-refractivity contribution in [3.8, 4) is 0 Å². The highest BCUT2D eigenvalue weighted by Crippen LogP contribution is 2.27. The highest BCUT2D eigenvalue weighted by atomic mass is 32.2. The molecule has 0 aromatic carbocycles. The van der Waals surface area contributed by atoms with Gasteiger partial charge in [-0.3, -0.25) is 4.79 Å². The average Bonchev–Trinajstić information content (AvgIpc) is 2.81. The Morgan fingerprint density at radius 2 is 2.17 bits per heavy atom. The van der Waals surface area contributed by atoms with Gasteiger partial charge in [-0.05, 0) is 18.6 Å². The summed E-state index contributed by atoms with van der Waals surface area (Å²) < 4.78 is 26.6. The Labute approximate surface area is 112 Å². The number of piperidine rings is 1.